The van der Waals surface area contributed by atoms with Gasteiger partial charge in [0.05, 0.1) is 36.6 Å². The molecule has 6 N–H and O–H groups in total. The zero-order chi connectivity index (χ0) is 44.1. The summed E-state index contributed by atoms with van der Waals surface area (Å²) in [6, 6.07) is 0. The maximum absolute atomic E-state index is 14.0. The quantitative estimate of drug-likeness (QED) is 0.221. The van der Waals surface area contributed by atoms with E-state index in [4.69, 9.17) is 14.2 Å². The first-order valence-corrected chi connectivity index (χ1v) is 21.2. The van der Waals surface area contributed by atoms with E-state index in [9.17, 15) is 49.8 Å². The van der Waals surface area contributed by atoms with Crippen LogP contribution in [0.4, 0.5) is 0 Å². The fraction of sp³-hybridized carbons (Fsp3) is 0.778. The fourth-order valence-corrected chi connectivity index (χ4v) is 8.94. The highest BCUT2D eigenvalue weighted by molar-refractivity contribution is 5.91. The second-order valence-electron chi connectivity index (χ2n) is 18.2. The Morgan fingerprint density at radius 3 is 2.05 bits per heavy atom. The highest BCUT2D eigenvalue weighted by Gasteiger charge is 2.69. The van der Waals surface area contributed by atoms with Crippen molar-refractivity contribution in [3.05, 3.63) is 36.5 Å². The Kier molecular flexibility index (Phi) is 17.4. The van der Waals surface area contributed by atoms with Gasteiger partial charge in [0, 0.05) is 42.1 Å². The van der Waals surface area contributed by atoms with Gasteiger partial charge in [-0.1, -0.05) is 85.8 Å². The molecule has 2 bridgehead atoms. The minimum absolute atomic E-state index is 0.00618. The zero-order valence-electron chi connectivity index (χ0n) is 36.4. The Bertz CT molecular complexity index is 1510. The predicted octanol–water partition coefficient (Wildman–Crippen LogP) is 4.18. The largest absolute Gasteiger partial charge is 0.456 e. The normalized spacial score (nSPS) is 46.9. The van der Waals surface area contributed by atoms with Crippen LogP contribution in [0, 0.1) is 47.3 Å². The van der Waals surface area contributed by atoms with Crippen molar-refractivity contribution in [1.82, 2.24) is 0 Å². The van der Waals surface area contributed by atoms with Crippen LogP contribution in [0.2, 0.25) is 0 Å². The Balaban J connectivity index is 2.06. The number of hydrogen-bond acceptors (Lipinski definition) is 13. The first kappa shape index (κ1) is 49.7. The molecule has 1 unspecified atom stereocenters. The van der Waals surface area contributed by atoms with Gasteiger partial charge in [0.15, 0.2) is 17.2 Å². The lowest BCUT2D eigenvalue weighted by Gasteiger charge is -2.57. The molecule has 2 fully saturated rings. The van der Waals surface area contributed by atoms with E-state index in [-0.39, 0.29) is 24.7 Å². The van der Waals surface area contributed by atoms with Crippen LogP contribution in [0.5, 0.6) is 0 Å². The molecule has 13 nitrogen and oxygen atoms in total. The number of ether oxygens (including phenoxy) is 3. The molecule has 13 heteroatoms. The molecule has 0 aromatic heterocycles. The van der Waals surface area contributed by atoms with Crippen LogP contribution >= 0.6 is 0 Å². The van der Waals surface area contributed by atoms with E-state index in [0.717, 1.165) is 12.5 Å². The van der Waals surface area contributed by atoms with Crippen molar-refractivity contribution in [2.24, 2.45) is 47.3 Å². The molecule has 0 aromatic carbocycles. The lowest BCUT2D eigenvalue weighted by Crippen LogP contribution is -2.75. The van der Waals surface area contributed by atoms with Gasteiger partial charge in [0.25, 0.3) is 5.79 Å². The predicted molar refractivity (Wildman–Crippen MR) is 217 cm³/mol. The van der Waals surface area contributed by atoms with E-state index in [1.807, 2.05) is 38.2 Å². The van der Waals surface area contributed by atoms with Gasteiger partial charge in [-0.15, -0.1) is 0 Å². The Morgan fingerprint density at radius 1 is 0.828 bits per heavy atom. The summed E-state index contributed by atoms with van der Waals surface area (Å²) in [5.74, 6) is -10.5. The fourth-order valence-electron chi connectivity index (χ4n) is 8.94. The van der Waals surface area contributed by atoms with Crippen molar-refractivity contribution in [3.8, 4) is 0 Å². The Labute approximate surface area is 344 Å². The monoisotopic (exact) mass is 820 g/mol. The van der Waals surface area contributed by atoms with Crippen LogP contribution in [-0.4, -0.2) is 114 Å². The number of aliphatic hydroxyl groups is 6. The molecule has 0 saturated carbocycles. The maximum atomic E-state index is 14.0. The first-order valence-electron chi connectivity index (χ1n) is 21.2. The van der Waals surface area contributed by atoms with Gasteiger partial charge in [-0.3, -0.25) is 14.4 Å². The van der Waals surface area contributed by atoms with Crippen LogP contribution in [0.1, 0.15) is 115 Å². The molecule has 58 heavy (non-hydrogen) atoms. The number of aliphatic hydroxyl groups excluding tert-OH is 4. The van der Waals surface area contributed by atoms with Crippen molar-refractivity contribution in [3.63, 3.8) is 0 Å². The molecule has 0 amide bonds. The molecule has 2 saturated heterocycles. The molecular weight excluding hydrogens is 748 g/mol. The standard InChI is InChI=1S/C45H72O13/c1-12-32-17-15-13-14-16-25(3)40(52)43(10,54)41(53)31(9)39(51)30(8)38(50)29(7)37(49)24(2)18-21-36(48)56-42-28(6)33(20-19-32)57-45(44(42,11)55)35(47)22-26(4)34(58-45)23-27(5)46/h13-15,17-18,21,24-34,37,39-40,42,46,49,51-52,54-55H,12,16,19-20,22-23H2,1-11H3/b14-13+,17-15-,21-18+/t24-,25+,26-,27+,28+,29-,30-,31-,32?,33-,34-,37+,39+,40-,42+,43+,44+,45-/m0/s1. The van der Waals surface area contributed by atoms with Gasteiger partial charge in [0.2, 0.25) is 0 Å². The van der Waals surface area contributed by atoms with E-state index in [1.54, 1.807) is 27.7 Å². The molecule has 3 rings (SSSR count). The lowest BCUT2D eigenvalue weighted by atomic mass is 9.71. The lowest BCUT2D eigenvalue weighted by molar-refractivity contribution is -0.388. The summed E-state index contributed by atoms with van der Waals surface area (Å²) >= 11 is 0. The molecule has 3 heterocycles. The first-order chi connectivity index (χ1) is 26.8. The van der Waals surface area contributed by atoms with Crippen LogP contribution in [0.15, 0.2) is 36.5 Å². The van der Waals surface area contributed by atoms with Gasteiger partial charge in [-0.05, 0) is 70.6 Å². The summed E-state index contributed by atoms with van der Waals surface area (Å²) in [6.45, 7) is 17.4. The van der Waals surface area contributed by atoms with Crippen molar-refractivity contribution >= 4 is 23.3 Å². The van der Waals surface area contributed by atoms with Crippen LogP contribution in [0.25, 0.3) is 0 Å². The minimum atomic E-state index is -2.23. The molecule has 0 aliphatic carbocycles. The van der Waals surface area contributed by atoms with Crippen molar-refractivity contribution in [1.29, 1.82) is 0 Å². The molecule has 330 valence electrons. The van der Waals surface area contributed by atoms with E-state index in [2.05, 4.69) is 0 Å². The number of fused-ring (bicyclic) bond motifs is 2. The van der Waals surface area contributed by atoms with Gasteiger partial charge in [-0.25, -0.2) is 4.79 Å². The number of hydrogen-bond donors (Lipinski definition) is 6. The van der Waals surface area contributed by atoms with Gasteiger partial charge in [-0.2, -0.15) is 0 Å². The number of carbonyl (C=O) groups excluding carboxylic acids is 4. The SMILES string of the molecule is CCC1/C=C\C=C\C[C@@H](C)[C@H](O)[C@@](C)(O)C(=O)[C@@H](C)[C@H](O)[C@@H](C)C(=O)[C@@H](C)[C@H](O)[C@@H](C)/C=C/C(=O)O[C@@H]2[C@H](C)[C@H](CC1)O[C@@]1(O[C@@H](C[C@@H](C)O)[C@@H](C)CC1=O)[C@]2(C)O. The van der Waals surface area contributed by atoms with Crippen molar-refractivity contribution in [2.45, 2.75) is 174 Å². The number of carbonyl (C=O) groups is 4. The number of ketones is 3. The summed E-state index contributed by atoms with van der Waals surface area (Å²) in [7, 11) is 0. The van der Waals surface area contributed by atoms with Crippen LogP contribution in [0.3, 0.4) is 0 Å². The van der Waals surface area contributed by atoms with Crippen LogP contribution in [-0.2, 0) is 33.4 Å². The Morgan fingerprint density at radius 2 is 1.45 bits per heavy atom. The summed E-state index contributed by atoms with van der Waals surface area (Å²) in [5, 5.41) is 67.3. The van der Waals surface area contributed by atoms with E-state index in [1.165, 1.54) is 40.7 Å². The smallest absolute Gasteiger partial charge is 0.330 e. The molecular formula is C45H72O13. The number of Topliss-reactive ketones (excluding diaryl/α,β-unsaturated/α-hetero) is 3. The van der Waals surface area contributed by atoms with E-state index in [0.29, 0.717) is 19.3 Å². The summed E-state index contributed by atoms with van der Waals surface area (Å²) in [4.78, 5) is 54.6. The van der Waals surface area contributed by atoms with Crippen molar-refractivity contribution < 1.29 is 64.0 Å². The third-order valence-electron chi connectivity index (χ3n) is 13.3. The van der Waals surface area contributed by atoms with Gasteiger partial charge < -0.3 is 44.8 Å². The summed E-state index contributed by atoms with van der Waals surface area (Å²) in [5.41, 5.74) is -4.38. The second-order valence-corrected chi connectivity index (χ2v) is 18.2. The molecule has 18 atom stereocenters. The highest BCUT2D eigenvalue weighted by Crippen LogP contribution is 2.49. The Hall–Kier alpha value is -2.62. The molecule has 3 aliphatic rings. The topological polar surface area (TPSA) is 217 Å². The van der Waals surface area contributed by atoms with E-state index < -0.39 is 119 Å². The highest BCUT2D eigenvalue weighted by atomic mass is 16.7. The molecule has 1 spiro atoms. The van der Waals surface area contributed by atoms with Crippen LogP contribution < -0.4 is 0 Å². The number of rotatable bonds is 3. The minimum Gasteiger partial charge on any atom is -0.456 e. The molecule has 0 radical (unpaired) electrons. The maximum Gasteiger partial charge on any atom is 0.330 e. The van der Waals surface area contributed by atoms with Crippen molar-refractivity contribution in [2.75, 3.05) is 0 Å². The third-order valence-corrected chi connectivity index (χ3v) is 13.3. The van der Waals surface area contributed by atoms with E-state index >= 15 is 0 Å². The molecule has 3 aliphatic heterocycles. The summed E-state index contributed by atoms with van der Waals surface area (Å²) < 4.78 is 19.0. The summed E-state index contributed by atoms with van der Waals surface area (Å²) in [6.07, 6.45) is 4.55. The van der Waals surface area contributed by atoms with Gasteiger partial charge >= 0.3 is 5.97 Å². The number of allylic oxidation sites excluding steroid dienone is 4. The average Bonchev–Trinajstić information content (AvgIpc) is 3.16. The second kappa shape index (κ2) is 20.3. The number of esters is 1. The zero-order valence-corrected chi connectivity index (χ0v) is 36.4. The third kappa shape index (κ3) is 10.8. The van der Waals surface area contributed by atoms with Gasteiger partial charge in [0.1, 0.15) is 17.5 Å². The average molecular weight is 821 g/mol. The molecule has 0 aromatic rings.